The average Bonchev–Trinajstić information content (AvgIpc) is 3.17. The first-order valence-corrected chi connectivity index (χ1v) is 10.7. The molecule has 2 amide bonds. The van der Waals surface area contributed by atoms with E-state index in [2.05, 4.69) is 32.3 Å². The zero-order valence-electron chi connectivity index (χ0n) is 20.3. The van der Waals surface area contributed by atoms with Crippen molar-refractivity contribution in [3.63, 3.8) is 0 Å². The van der Waals surface area contributed by atoms with Crippen LogP contribution in [0.25, 0.3) is 11.6 Å². The normalized spacial score (nSPS) is 14.5. The first-order valence-electron chi connectivity index (χ1n) is 10.7. The maximum absolute atomic E-state index is 14.7. The van der Waals surface area contributed by atoms with E-state index in [0.717, 1.165) is 12.1 Å². The van der Waals surface area contributed by atoms with Crippen LogP contribution in [-0.4, -0.2) is 36.1 Å². The number of aromatic nitrogens is 1. The van der Waals surface area contributed by atoms with Crippen molar-refractivity contribution in [2.24, 2.45) is 0 Å². The summed E-state index contributed by atoms with van der Waals surface area (Å²) in [4.78, 5) is 27.0. The highest BCUT2D eigenvalue weighted by molar-refractivity contribution is 6.35. The summed E-state index contributed by atoms with van der Waals surface area (Å²) in [6.45, 7) is 9.88. The van der Waals surface area contributed by atoms with Crippen molar-refractivity contribution < 1.29 is 36.6 Å². The lowest BCUT2D eigenvalue weighted by Crippen LogP contribution is -2.22. The van der Waals surface area contributed by atoms with Crippen LogP contribution in [0.3, 0.4) is 0 Å². The summed E-state index contributed by atoms with van der Waals surface area (Å²) in [5.41, 5.74) is -2.62. The summed E-state index contributed by atoms with van der Waals surface area (Å²) in [6, 6.07) is 2.14. The molecule has 0 saturated heterocycles. The standard InChI is InChI=1S/C24H26F4N4O4/c1-11-21(30-12(2)36-23(3,4)5)20(24(26,27)28)18(29-11)8-14-13-7-15(25)17(31-19(33)10-35-6)9-16(13)32-22(14)34/h7-9,29-30H,2,10H2,1,3-6H3,(H,31,33)(H,32,34)/b14-8-. The van der Waals surface area contributed by atoms with Gasteiger partial charge in [0, 0.05) is 18.4 Å². The Morgan fingerprint density at radius 1 is 1.19 bits per heavy atom. The van der Waals surface area contributed by atoms with E-state index in [1.807, 2.05) is 0 Å². The second-order valence-electron chi connectivity index (χ2n) is 9.05. The Kier molecular flexibility index (Phi) is 7.21. The van der Waals surface area contributed by atoms with Gasteiger partial charge in [-0.2, -0.15) is 13.2 Å². The smallest absolute Gasteiger partial charge is 0.420 e. The van der Waals surface area contributed by atoms with Gasteiger partial charge in [0.15, 0.2) is 5.88 Å². The van der Waals surface area contributed by atoms with Crippen LogP contribution >= 0.6 is 0 Å². The molecule has 0 saturated carbocycles. The Balaban J connectivity index is 2.05. The lowest BCUT2D eigenvalue weighted by atomic mass is 10.0. The largest absolute Gasteiger partial charge is 0.474 e. The maximum Gasteiger partial charge on any atom is 0.420 e. The van der Waals surface area contributed by atoms with Crippen LogP contribution in [0.1, 0.15) is 43.3 Å². The Morgan fingerprint density at radius 3 is 2.44 bits per heavy atom. The molecule has 0 bridgehead atoms. The number of alkyl halides is 3. The number of fused-ring (bicyclic) bond motifs is 1. The Labute approximate surface area is 204 Å². The number of H-pyrrole nitrogens is 1. The van der Waals surface area contributed by atoms with E-state index in [1.54, 1.807) is 20.8 Å². The maximum atomic E-state index is 14.7. The number of hydrogen-bond acceptors (Lipinski definition) is 5. The van der Waals surface area contributed by atoms with Gasteiger partial charge < -0.3 is 30.4 Å². The lowest BCUT2D eigenvalue weighted by molar-refractivity contribution is -0.137. The van der Waals surface area contributed by atoms with Crippen molar-refractivity contribution in [1.82, 2.24) is 4.98 Å². The molecule has 36 heavy (non-hydrogen) atoms. The number of rotatable bonds is 7. The third kappa shape index (κ3) is 5.88. The van der Waals surface area contributed by atoms with E-state index < -0.39 is 40.7 Å². The molecule has 3 rings (SSSR count). The quantitative estimate of drug-likeness (QED) is 0.231. The van der Waals surface area contributed by atoms with Crippen molar-refractivity contribution >= 4 is 40.5 Å². The summed E-state index contributed by atoms with van der Waals surface area (Å²) < 4.78 is 67.2. The fraction of sp³-hybridized carbons (Fsp3) is 0.333. The zero-order valence-corrected chi connectivity index (χ0v) is 20.3. The van der Waals surface area contributed by atoms with Gasteiger partial charge in [0.2, 0.25) is 5.91 Å². The molecule has 0 atom stereocenters. The number of aromatic amines is 1. The number of hydrogen-bond donors (Lipinski definition) is 4. The first-order chi connectivity index (χ1) is 16.6. The molecular formula is C24H26F4N4O4. The Hall–Kier alpha value is -3.80. The van der Waals surface area contributed by atoms with Crippen molar-refractivity contribution in [1.29, 1.82) is 0 Å². The predicted molar refractivity (Wildman–Crippen MR) is 128 cm³/mol. The van der Waals surface area contributed by atoms with E-state index in [1.165, 1.54) is 20.1 Å². The van der Waals surface area contributed by atoms with Gasteiger partial charge >= 0.3 is 6.18 Å². The molecule has 0 unspecified atom stereocenters. The van der Waals surface area contributed by atoms with Crippen LogP contribution in [0, 0.1) is 12.7 Å². The minimum Gasteiger partial charge on any atom is -0.474 e. The Morgan fingerprint density at radius 2 is 1.86 bits per heavy atom. The summed E-state index contributed by atoms with van der Waals surface area (Å²) in [6.07, 6.45) is -3.82. The topological polar surface area (TPSA) is 104 Å². The molecule has 2 aromatic rings. The SMILES string of the molecule is C=C(Nc1c(C)[nH]c(/C=C2\C(=O)Nc3cc(NC(=O)COC)c(F)cc32)c1C(F)(F)F)OC(C)(C)C. The summed E-state index contributed by atoms with van der Waals surface area (Å²) in [5.74, 6) is -2.33. The number of carbonyl (C=O) groups excluding carboxylic acids is 2. The van der Waals surface area contributed by atoms with Gasteiger partial charge in [0.05, 0.1) is 28.3 Å². The minimum atomic E-state index is -4.82. The minimum absolute atomic E-state index is 0.0394. The van der Waals surface area contributed by atoms with E-state index in [9.17, 15) is 27.2 Å². The van der Waals surface area contributed by atoms with Crippen LogP contribution in [0.15, 0.2) is 24.6 Å². The highest BCUT2D eigenvalue weighted by Gasteiger charge is 2.39. The molecule has 4 N–H and O–H groups in total. The predicted octanol–water partition coefficient (Wildman–Crippen LogP) is 5.26. The number of carbonyl (C=O) groups is 2. The molecule has 0 radical (unpaired) electrons. The van der Waals surface area contributed by atoms with E-state index in [4.69, 9.17) is 4.74 Å². The van der Waals surface area contributed by atoms with Crippen molar-refractivity contribution in [3.05, 3.63) is 52.9 Å². The number of ether oxygens (including phenoxy) is 2. The van der Waals surface area contributed by atoms with Crippen molar-refractivity contribution in [2.75, 3.05) is 29.7 Å². The highest BCUT2D eigenvalue weighted by atomic mass is 19.4. The molecule has 0 spiro atoms. The molecule has 0 aliphatic carbocycles. The van der Waals surface area contributed by atoms with Gasteiger partial charge in [0.1, 0.15) is 23.6 Å². The first kappa shape index (κ1) is 26.8. The number of aryl methyl sites for hydroxylation is 1. The molecular weight excluding hydrogens is 484 g/mol. The molecule has 2 heterocycles. The Bertz CT molecular complexity index is 1260. The summed E-state index contributed by atoms with van der Waals surface area (Å²) in [7, 11) is 1.29. The fourth-order valence-electron chi connectivity index (χ4n) is 3.65. The molecule has 8 nitrogen and oxygen atoms in total. The van der Waals surface area contributed by atoms with E-state index >= 15 is 0 Å². The summed E-state index contributed by atoms with van der Waals surface area (Å²) in [5, 5.41) is 7.33. The number of amides is 2. The van der Waals surface area contributed by atoms with Gasteiger partial charge in [-0.1, -0.05) is 0 Å². The number of halogens is 4. The number of methoxy groups -OCH3 is 1. The second kappa shape index (κ2) is 9.69. The van der Waals surface area contributed by atoms with Gasteiger partial charge in [-0.05, 0) is 52.5 Å². The fourth-order valence-corrected chi connectivity index (χ4v) is 3.65. The summed E-state index contributed by atoms with van der Waals surface area (Å²) >= 11 is 0. The van der Waals surface area contributed by atoms with Crippen LogP contribution in [0.5, 0.6) is 0 Å². The van der Waals surface area contributed by atoms with E-state index in [0.29, 0.717) is 0 Å². The van der Waals surface area contributed by atoms with Crippen LogP contribution in [0.4, 0.5) is 34.6 Å². The second-order valence-corrected chi connectivity index (χ2v) is 9.05. The molecule has 194 valence electrons. The van der Waals surface area contributed by atoms with Gasteiger partial charge in [0.25, 0.3) is 5.91 Å². The van der Waals surface area contributed by atoms with Gasteiger partial charge in [-0.15, -0.1) is 0 Å². The van der Waals surface area contributed by atoms with Crippen LogP contribution < -0.4 is 16.0 Å². The van der Waals surface area contributed by atoms with Crippen LogP contribution in [-0.2, 0) is 25.2 Å². The van der Waals surface area contributed by atoms with E-state index in [-0.39, 0.29) is 46.4 Å². The molecule has 1 aliphatic heterocycles. The van der Waals surface area contributed by atoms with Gasteiger partial charge in [-0.25, -0.2) is 4.39 Å². The number of benzene rings is 1. The molecule has 1 aromatic carbocycles. The third-order valence-electron chi connectivity index (χ3n) is 4.92. The number of nitrogens with one attached hydrogen (secondary N) is 4. The lowest BCUT2D eigenvalue weighted by Gasteiger charge is -2.24. The molecule has 0 fully saturated rings. The van der Waals surface area contributed by atoms with Gasteiger partial charge in [-0.3, -0.25) is 9.59 Å². The molecule has 1 aromatic heterocycles. The van der Waals surface area contributed by atoms with Crippen LogP contribution in [0.2, 0.25) is 0 Å². The molecule has 1 aliphatic rings. The zero-order chi connectivity index (χ0) is 27.0. The average molecular weight is 510 g/mol. The number of anilines is 3. The monoisotopic (exact) mass is 510 g/mol. The van der Waals surface area contributed by atoms with Crippen molar-refractivity contribution in [3.8, 4) is 0 Å². The highest BCUT2D eigenvalue weighted by Crippen LogP contribution is 2.43. The van der Waals surface area contributed by atoms with Crippen molar-refractivity contribution in [2.45, 2.75) is 39.5 Å². The molecule has 12 heteroatoms. The third-order valence-corrected chi connectivity index (χ3v) is 4.92.